The Morgan fingerprint density at radius 3 is 1.88 bits per heavy atom. The Bertz CT molecular complexity index is 72.6. The fourth-order valence-corrected chi connectivity index (χ4v) is 8.45. The van der Waals surface area contributed by atoms with E-state index >= 15 is 0 Å². The molecule has 1 aliphatic heterocycles. The first-order valence-corrected chi connectivity index (χ1v) is 12.6. The molecule has 1 rings (SSSR count). The Hall–Kier alpha value is 1.11. The van der Waals surface area contributed by atoms with Gasteiger partial charge in [-0.3, -0.25) is 0 Å². The fraction of sp³-hybridized carbons (Fsp3) is 1.00. The fourth-order valence-electron chi connectivity index (χ4n) is 1.17. The summed E-state index contributed by atoms with van der Waals surface area (Å²) in [6.45, 7) is 0. The van der Waals surface area contributed by atoms with Crippen molar-refractivity contribution in [3.63, 3.8) is 0 Å². The van der Waals surface area contributed by atoms with Crippen molar-refractivity contribution < 1.29 is 0 Å². The molecule has 0 aromatic rings. The van der Waals surface area contributed by atoms with Gasteiger partial charge in [0, 0.05) is 0 Å². The van der Waals surface area contributed by atoms with Crippen LogP contribution < -0.4 is 0 Å². The molecule has 2 heteroatoms. The van der Waals surface area contributed by atoms with E-state index in [0.29, 0.717) is 0 Å². The van der Waals surface area contributed by atoms with Gasteiger partial charge < -0.3 is 0 Å². The zero-order valence-electron chi connectivity index (χ0n) is 5.36. The van der Waals surface area contributed by atoms with Crippen LogP contribution in [0.3, 0.4) is 0 Å². The Morgan fingerprint density at radius 1 is 1.12 bits per heavy atom. The van der Waals surface area contributed by atoms with Gasteiger partial charge in [0.25, 0.3) is 0 Å². The minimum absolute atomic E-state index is 1.42. The summed E-state index contributed by atoms with van der Waals surface area (Å²) in [7, 11) is 6.27. The molecular formula is C6H13ClSb. The van der Waals surface area contributed by atoms with Gasteiger partial charge in [-0.15, -0.1) is 0 Å². The third kappa shape index (κ3) is 2.15. The molecule has 0 saturated carbocycles. The van der Waals surface area contributed by atoms with Crippen molar-refractivity contribution in [1.82, 2.24) is 0 Å². The molecule has 8 heavy (non-hydrogen) atoms. The van der Waals surface area contributed by atoms with E-state index in [9.17, 15) is 0 Å². The summed E-state index contributed by atoms with van der Waals surface area (Å²) in [5.74, 6) is 0. The third-order valence-corrected chi connectivity index (χ3v) is 11.1. The average molecular weight is 242 g/mol. The Labute approximate surface area is 59.3 Å². The predicted molar refractivity (Wildman–Crippen MR) is 40.9 cm³/mol. The molecule has 0 nitrogen and oxygen atoms in total. The molecule has 49 valence electrons. The van der Waals surface area contributed by atoms with Gasteiger partial charge in [0.1, 0.15) is 0 Å². The first-order chi connectivity index (χ1) is 3.71. The predicted octanol–water partition coefficient (Wildman–Crippen LogP) is 2.98. The van der Waals surface area contributed by atoms with Crippen LogP contribution in [0.5, 0.6) is 0 Å². The second-order valence-corrected chi connectivity index (χ2v) is 18.0. The second kappa shape index (κ2) is 2.79. The Morgan fingerprint density at radius 2 is 1.62 bits per heavy atom. The van der Waals surface area contributed by atoms with E-state index in [-0.39, 0.29) is 0 Å². The Balaban J connectivity index is 2.33. The van der Waals surface area contributed by atoms with Gasteiger partial charge in [-0.25, -0.2) is 0 Å². The molecule has 1 saturated heterocycles. The molecule has 1 fully saturated rings. The van der Waals surface area contributed by atoms with Crippen LogP contribution in [-0.2, 0) is 0 Å². The normalized spacial score (nSPS) is 27.8. The van der Waals surface area contributed by atoms with Gasteiger partial charge in [-0.05, 0) is 0 Å². The van der Waals surface area contributed by atoms with Crippen molar-refractivity contribution in [1.29, 1.82) is 0 Å². The molecule has 0 amide bonds. The van der Waals surface area contributed by atoms with Gasteiger partial charge in [0.2, 0.25) is 0 Å². The van der Waals surface area contributed by atoms with Crippen molar-refractivity contribution >= 4 is 26.5 Å². The van der Waals surface area contributed by atoms with Gasteiger partial charge in [0.05, 0.1) is 0 Å². The summed E-state index contributed by atoms with van der Waals surface area (Å²) in [5, 5.41) is 0. The van der Waals surface area contributed by atoms with E-state index in [2.05, 4.69) is 4.87 Å². The molecule has 0 aromatic carbocycles. The molecule has 0 N–H and O–H groups in total. The number of hydrogen-bond donors (Lipinski definition) is 0. The summed E-state index contributed by atoms with van der Waals surface area (Å²) in [5.41, 5.74) is 0. The zero-order valence-corrected chi connectivity index (χ0v) is 8.67. The molecule has 1 aliphatic rings. The van der Waals surface area contributed by atoms with E-state index in [1.807, 2.05) is 0 Å². The van der Waals surface area contributed by atoms with Gasteiger partial charge in [-0.1, -0.05) is 0 Å². The van der Waals surface area contributed by atoms with Gasteiger partial charge in [0.15, 0.2) is 0 Å². The monoisotopic (exact) mass is 241 g/mol. The van der Waals surface area contributed by atoms with Crippen molar-refractivity contribution in [3.05, 3.63) is 0 Å². The van der Waals surface area contributed by atoms with Gasteiger partial charge in [-0.2, -0.15) is 0 Å². The quantitative estimate of drug-likeness (QED) is 0.573. The van der Waals surface area contributed by atoms with Crippen molar-refractivity contribution in [2.75, 3.05) is 0 Å². The van der Waals surface area contributed by atoms with Crippen LogP contribution in [0.15, 0.2) is 0 Å². The molecule has 1 heterocycles. The maximum atomic E-state index is 6.27. The third-order valence-electron chi connectivity index (χ3n) is 1.75. The van der Waals surface area contributed by atoms with Crippen molar-refractivity contribution in [2.45, 2.75) is 32.9 Å². The first kappa shape index (κ1) is 7.22. The summed E-state index contributed by atoms with van der Waals surface area (Å²) >= 11 is -1.68. The summed E-state index contributed by atoms with van der Waals surface area (Å²) in [4.78, 5) is 2.35. The second-order valence-electron chi connectivity index (χ2n) is 2.77. The van der Waals surface area contributed by atoms with Crippen LogP contribution >= 0.6 is 8.83 Å². The van der Waals surface area contributed by atoms with Crippen molar-refractivity contribution in [3.8, 4) is 0 Å². The number of rotatable bonds is 0. The molecule has 0 unspecified atom stereocenters. The average Bonchev–Trinajstić information content (AvgIpc) is 1.65. The van der Waals surface area contributed by atoms with Crippen LogP contribution in [0, 0.1) is 0 Å². The topological polar surface area (TPSA) is 0 Å². The van der Waals surface area contributed by atoms with Crippen LogP contribution in [0.1, 0.15) is 19.3 Å². The number of hydrogen-bond acceptors (Lipinski definition) is 0. The Kier molecular flexibility index (Phi) is 2.52. The summed E-state index contributed by atoms with van der Waals surface area (Å²) in [6.07, 6.45) is 4.29. The van der Waals surface area contributed by atoms with E-state index < -0.39 is 17.7 Å². The molecule has 0 bridgehead atoms. The molecule has 0 aromatic heterocycles. The SMILES string of the molecule is [CH3][Sb]1([Cl])[CH2]CCC[CH2]1. The van der Waals surface area contributed by atoms with E-state index in [1.54, 1.807) is 0 Å². The van der Waals surface area contributed by atoms with Crippen LogP contribution in [0.2, 0.25) is 13.6 Å². The van der Waals surface area contributed by atoms with E-state index in [4.69, 9.17) is 8.83 Å². The van der Waals surface area contributed by atoms with Gasteiger partial charge >= 0.3 is 59.4 Å². The zero-order chi connectivity index (χ0) is 6.04. The molecule has 0 spiro atoms. The first-order valence-electron chi connectivity index (χ1n) is 3.25. The van der Waals surface area contributed by atoms with E-state index in [0.717, 1.165) is 0 Å². The summed E-state index contributed by atoms with van der Waals surface area (Å²) < 4.78 is 2.83. The summed E-state index contributed by atoms with van der Waals surface area (Å²) in [6, 6.07) is 0. The van der Waals surface area contributed by atoms with Crippen LogP contribution in [0.4, 0.5) is 0 Å². The molecule has 0 atom stereocenters. The number of halogens is 1. The molecule has 1 radical (unpaired) electrons. The standard InChI is InChI=1S/C5H10.CH3.ClH.Sb/c1-3-5-4-2;;;/h1-5H2;1H3;1H;/q;;;+1/p-1. The minimum atomic E-state index is -1.68. The maximum absolute atomic E-state index is 6.27. The van der Waals surface area contributed by atoms with Crippen LogP contribution in [-0.4, -0.2) is 17.7 Å². The van der Waals surface area contributed by atoms with Crippen LogP contribution in [0.25, 0.3) is 0 Å². The molecular weight excluding hydrogens is 229 g/mol. The van der Waals surface area contributed by atoms with Crippen molar-refractivity contribution in [2.24, 2.45) is 0 Å². The molecule has 0 aliphatic carbocycles. The van der Waals surface area contributed by atoms with E-state index in [1.165, 1.54) is 28.0 Å².